The van der Waals surface area contributed by atoms with Crippen molar-refractivity contribution in [1.82, 2.24) is 20.1 Å². The van der Waals surface area contributed by atoms with Crippen LogP contribution in [0.2, 0.25) is 0 Å². The fourth-order valence-corrected chi connectivity index (χ4v) is 2.34. The van der Waals surface area contributed by atoms with Gasteiger partial charge in [-0.3, -0.25) is 4.68 Å². The molecule has 0 amide bonds. The monoisotopic (exact) mass is 290 g/mol. The van der Waals surface area contributed by atoms with Gasteiger partial charge in [0.05, 0.1) is 0 Å². The second kappa shape index (κ2) is 7.31. The van der Waals surface area contributed by atoms with Gasteiger partial charge in [-0.2, -0.15) is 5.10 Å². The molecule has 1 aromatic carbocycles. The van der Waals surface area contributed by atoms with Crippen molar-refractivity contribution >= 4 is 0 Å². The van der Waals surface area contributed by atoms with Crippen LogP contribution in [0, 0.1) is 11.7 Å². The van der Waals surface area contributed by atoms with Crippen LogP contribution in [0.5, 0.6) is 0 Å². The lowest BCUT2D eigenvalue weighted by atomic mass is 9.95. The molecule has 0 fully saturated rings. The number of nitrogens with zero attached hydrogens (tertiary/aromatic N) is 3. The second-order valence-electron chi connectivity index (χ2n) is 5.81. The normalized spacial score (nSPS) is 12.8. The lowest BCUT2D eigenvalue weighted by Gasteiger charge is -2.18. The Hall–Kier alpha value is -1.75. The van der Waals surface area contributed by atoms with Crippen LogP contribution in [0.25, 0.3) is 0 Å². The Morgan fingerprint density at radius 1 is 1.29 bits per heavy atom. The molecule has 4 nitrogen and oxygen atoms in total. The Balaban J connectivity index is 2.12. The van der Waals surface area contributed by atoms with Gasteiger partial charge in [0.25, 0.3) is 0 Å². The van der Waals surface area contributed by atoms with Gasteiger partial charge in [0, 0.05) is 25.9 Å². The molecule has 1 atom stereocenters. The molecule has 5 heteroatoms. The molecule has 0 aliphatic carbocycles. The van der Waals surface area contributed by atoms with E-state index in [9.17, 15) is 4.39 Å². The van der Waals surface area contributed by atoms with E-state index in [1.807, 2.05) is 13.1 Å². The number of halogens is 1. The minimum Gasteiger partial charge on any atom is -0.316 e. The molecule has 0 aliphatic rings. The number of rotatable bonds is 7. The smallest absolute Gasteiger partial charge is 0.138 e. The molecule has 0 radical (unpaired) electrons. The van der Waals surface area contributed by atoms with Crippen molar-refractivity contribution in [2.45, 2.75) is 26.2 Å². The second-order valence-corrected chi connectivity index (χ2v) is 5.81. The molecular formula is C16H23FN4. The lowest BCUT2D eigenvalue weighted by molar-refractivity contribution is 0.502. The van der Waals surface area contributed by atoms with Gasteiger partial charge < -0.3 is 5.32 Å². The van der Waals surface area contributed by atoms with Gasteiger partial charge >= 0.3 is 0 Å². The Kier molecular flexibility index (Phi) is 5.44. The van der Waals surface area contributed by atoms with Crippen LogP contribution in [-0.4, -0.2) is 27.9 Å². The maximum atomic E-state index is 13.5. The van der Waals surface area contributed by atoms with Crippen molar-refractivity contribution in [2.24, 2.45) is 13.0 Å². The summed E-state index contributed by atoms with van der Waals surface area (Å²) in [4.78, 5) is 4.28. The molecular weight excluding hydrogens is 267 g/mol. The van der Waals surface area contributed by atoms with Crippen LogP contribution < -0.4 is 5.32 Å². The summed E-state index contributed by atoms with van der Waals surface area (Å²) in [5, 5.41) is 7.56. The maximum absolute atomic E-state index is 13.5. The number of hydrogen-bond acceptors (Lipinski definition) is 3. The van der Waals surface area contributed by atoms with Crippen LogP contribution in [0.4, 0.5) is 4.39 Å². The van der Waals surface area contributed by atoms with E-state index in [2.05, 4.69) is 29.2 Å². The lowest BCUT2D eigenvalue weighted by Crippen LogP contribution is -2.27. The third kappa shape index (κ3) is 4.63. The van der Waals surface area contributed by atoms with E-state index in [-0.39, 0.29) is 11.7 Å². The third-order valence-electron chi connectivity index (χ3n) is 3.50. The molecule has 0 bridgehead atoms. The van der Waals surface area contributed by atoms with Crippen LogP contribution in [0.15, 0.2) is 30.6 Å². The molecule has 1 aromatic heterocycles. The zero-order valence-corrected chi connectivity index (χ0v) is 12.9. The quantitative estimate of drug-likeness (QED) is 0.852. The zero-order valence-electron chi connectivity index (χ0n) is 12.9. The van der Waals surface area contributed by atoms with E-state index in [0.717, 1.165) is 30.9 Å². The average Bonchev–Trinajstić information content (AvgIpc) is 2.83. The Morgan fingerprint density at radius 3 is 2.71 bits per heavy atom. The number of hydrogen-bond donors (Lipinski definition) is 1. The molecule has 1 N–H and O–H groups in total. The summed E-state index contributed by atoms with van der Waals surface area (Å²) in [5.41, 5.74) is 0.995. The minimum atomic E-state index is -0.195. The van der Waals surface area contributed by atoms with Gasteiger partial charge in [0.2, 0.25) is 0 Å². The predicted molar refractivity (Wildman–Crippen MR) is 81.6 cm³/mol. The number of aryl methyl sites for hydroxylation is 1. The van der Waals surface area contributed by atoms with E-state index in [1.54, 1.807) is 23.1 Å². The van der Waals surface area contributed by atoms with Gasteiger partial charge in [-0.25, -0.2) is 9.37 Å². The van der Waals surface area contributed by atoms with E-state index in [1.165, 1.54) is 6.07 Å². The molecule has 1 heterocycles. The first-order valence-electron chi connectivity index (χ1n) is 7.35. The summed E-state index contributed by atoms with van der Waals surface area (Å²) in [6.45, 7) is 6.10. The highest BCUT2D eigenvalue weighted by molar-refractivity contribution is 5.22. The van der Waals surface area contributed by atoms with Crippen molar-refractivity contribution in [2.75, 3.05) is 13.1 Å². The van der Waals surface area contributed by atoms with E-state index in [0.29, 0.717) is 5.92 Å². The summed E-state index contributed by atoms with van der Waals surface area (Å²) in [6.07, 6.45) is 2.30. The summed E-state index contributed by atoms with van der Waals surface area (Å²) < 4.78 is 15.3. The SMILES string of the molecule is CC(C)CNCC(Cc1ncnn1C)c1cccc(F)c1. The number of benzene rings is 1. The van der Waals surface area contributed by atoms with Crippen molar-refractivity contribution < 1.29 is 4.39 Å². The summed E-state index contributed by atoms with van der Waals surface area (Å²) >= 11 is 0. The molecule has 0 saturated carbocycles. The highest BCUT2D eigenvalue weighted by Crippen LogP contribution is 2.20. The molecule has 2 aromatic rings. The number of aromatic nitrogens is 3. The van der Waals surface area contributed by atoms with Crippen molar-refractivity contribution in [3.05, 3.63) is 47.8 Å². The van der Waals surface area contributed by atoms with E-state index in [4.69, 9.17) is 0 Å². The van der Waals surface area contributed by atoms with Gasteiger partial charge in [-0.1, -0.05) is 26.0 Å². The summed E-state index contributed by atoms with van der Waals surface area (Å²) in [7, 11) is 1.88. The fourth-order valence-electron chi connectivity index (χ4n) is 2.34. The first-order valence-corrected chi connectivity index (χ1v) is 7.35. The Bertz CT molecular complexity index is 565. The van der Waals surface area contributed by atoms with Gasteiger partial charge in [0.15, 0.2) is 0 Å². The topological polar surface area (TPSA) is 42.7 Å². The fraction of sp³-hybridized carbons (Fsp3) is 0.500. The molecule has 2 rings (SSSR count). The Morgan fingerprint density at radius 2 is 2.10 bits per heavy atom. The first kappa shape index (κ1) is 15.6. The molecule has 114 valence electrons. The molecule has 21 heavy (non-hydrogen) atoms. The third-order valence-corrected chi connectivity index (χ3v) is 3.50. The van der Waals surface area contributed by atoms with Crippen LogP contribution >= 0.6 is 0 Å². The van der Waals surface area contributed by atoms with Gasteiger partial charge in [0.1, 0.15) is 18.0 Å². The average molecular weight is 290 g/mol. The van der Waals surface area contributed by atoms with Crippen molar-refractivity contribution in [3.8, 4) is 0 Å². The van der Waals surface area contributed by atoms with E-state index < -0.39 is 0 Å². The largest absolute Gasteiger partial charge is 0.316 e. The minimum absolute atomic E-state index is 0.183. The zero-order chi connectivity index (χ0) is 15.2. The van der Waals surface area contributed by atoms with Gasteiger partial charge in [-0.05, 0) is 30.2 Å². The van der Waals surface area contributed by atoms with Crippen molar-refractivity contribution in [1.29, 1.82) is 0 Å². The molecule has 0 spiro atoms. The molecule has 0 saturated heterocycles. The highest BCUT2D eigenvalue weighted by atomic mass is 19.1. The highest BCUT2D eigenvalue weighted by Gasteiger charge is 2.16. The van der Waals surface area contributed by atoms with E-state index >= 15 is 0 Å². The molecule has 0 aliphatic heterocycles. The van der Waals surface area contributed by atoms with Crippen LogP contribution in [-0.2, 0) is 13.5 Å². The maximum Gasteiger partial charge on any atom is 0.138 e. The summed E-state index contributed by atoms with van der Waals surface area (Å²) in [5.74, 6) is 1.49. The van der Waals surface area contributed by atoms with Crippen LogP contribution in [0.3, 0.4) is 0 Å². The van der Waals surface area contributed by atoms with Crippen LogP contribution in [0.1, 0.15) is 31.2 Å². The predicted octanol–water partition coefficient (Wildman–Crippen LogP) is 2.53. The van der Waals surface area contributed by atoms with Gasteiger partial charge in [-0.15, -0.1) is 0 Å². The van der Waals surface area contributed by atoms with Crippen molar-refractivity contribution in [3.63, 3.8) is 0 Å². The Labute approximate surface area is 125 Å². The molecule has 1 unspecified atom stereocenters. The standard InChI is InChI=1S/C16H23FN4/c1-12(2)9-18-10-14(8-16-19-11-20-21(16)3)13-5-4-6-15(17)7-13/h4-7,11-12,14,18H,8-10H2,1-3H3. The number of nitrogens with one attached hydrogen (secondary N) is 1. The summed E-state index contributed by atoms with van der Waals surface area (Å²) in [6, 6.07) is 6.82. The first-order chi connectivity index (χ1) is 10.1.